The monoisotopic (exact) mass is 241 g/mol. The van der Waals surface area contributed by atoms with Crippen LogP contribution in [0.15, 0.2) is 0 Å². The normalized spacial score (nSPS) is 48.2. The van der Waals surface area contributed by atoms with Gasteiger partial charge in [-0.15, -0.1) is 0 Å². The molecule has 0 aromatic rings. The van der Waals surface area contributed by atoms with Gasteiger partial charge in [0.25, 0.3) is 0 Å². The summed E-state index contributed by atoms with van der Waals surface area (Å²) < 4.78 is 12.4. The Morgan fingerprint density at radius 2 is 1.82 bits per heavy atom. The average molecular weight is 241 g/mol. The van der Waals surface area contributed by atoms with Gasteiger partial charge in [-0.05, 0) is 33.2 Å². The zero-order valence-electron chi connectivity index (χ0n) is 12.3. The number of likely N-dealkylation sites (N-methyl/N-ethyl adjacent to an activating group) is 1. The maximum atomic E-state index is 6.23. The Bertz CT molecular complexity index is 299. The lowest BCUT2D eigenvalue weighted by Crippen LogP contribution is -2.58. The zero-order chi connectivity index (χ0) is 13.0. The molecule has 17 heavy (non-hydrogen) atoms. The van der Waals surface area contributed by atoms with E-state index in [2.05, 4.69) is 53.5 Å². The van der Waals surface area contributed by atoms with E-state index in [1.54, 1.807) is 0 Å². The maximum absolute atomic E-state index is 6.23. The van der Waals surface area contributed by atoms with Crippen LogP contribution >= 0.6 is 0 Å². The van der Waals surface area contributed by atoms with Crippen molar-refractivity contribution in [1.29, 1.82) is 0 Å². The van der Waals surface area contributed by atoms with E-state index in [1.807, 2.05) is 0 Å². The van der Waals surface area contributed by atoms with E-state index < -0.39 is 0 Å². The van der Waals surface area contributed by atoms with Crippen molar-refractivity contribution in [2.75, 3.05) is 7.05 Å². The minimum Gasteiger partial charge on any atom is -0.373 e. The Kier molecular flexibility index (Phi) is 3.08. The molecule has 2 rings (SSSR count). The summed E-state index contributed by atoms with van der Waals surface area (Å²) >= 11 is 0. The molecular weight excluding hydrogens is 214 g/mol. The summed E-state index contributed by atoms with van der Waals surface area (Å²) in [6, 6.07) is 0.371. The molecule has 3 nitrogen and oxygen atoms in total. The molecule has 2 unspecified atom stereocenters. The molecule has 0 radical (unpaired) electrons. The van der Waals surface area contributed by atoms with Gasteiger partial charge in [0.15, 0.2) is 0 Å². The predicted molar refractivity (Wildman–Crippen MR) is 68.9 cm³/mol. The lowest BCUT2D eigenvalue weighted by atomic mass is 9.76. The number of hydrogen-bond acceptors (Lipinski definition) is 3. The van der Waals surface area contributed by atoms with Gasteiger partial charge in [0.05, 0.1) is 23.9 Å². The largest absolute Gasteiger partial charge is 0.373 e. The third-order valence-corrected chi connectivity index (χ3v) is 4.46. The first kappa shape index (κ1) is 13.3. The summed E-state index contributed by atoms with van der Waals surface area (Å²) in [6.07, 6.45) is 1.68. The highest BCUT2D eigenvalue weighted by molar-refractivity contribution is 5.05. The first-order chi connectivity index (χ1) is 7.65. The fourth-order valence-corrected chi connectivity index (χ4v) is 3.46. The molecule has 0 spiro atoms. The van der Waals surface area contributed by atoms with Crippen LogP contribution in [0, 0.1) is 5.41 Å². The molecule has 2 heterocycles. The molecule has 0 aromatic carbocycles. The molecule has 3 heteroatoms. The van der Waals surface area contributed by atoms with Gasteiger partial charge in [0.2, 0.25) is 0 Å². The highest BCUT2D eigenvalue weighted by atomic mass is 16.6. The van der Waals surface area contributed by atoms with Crippen molar-refractivity contribution >= 4 is 0 Å². The Labute approximate surface area is 105 Å². The summed E-state index contributed by atoms with van der Waals surface area (Å²) in [5, 5.41) is 0. The van der Waals surface area contributed by atoms with Crippen LogP contribution in [0.2, 0.25) is 0 Å². The number of nitrogens with zero attached hydrogens (tertiary/aromatic N) is 1. The molecule has 2 fully saturated rings. The van der Waals surface area contributed by atoms with Crippen LogP contribution in [0.3, 0.4) is 0 Å². The first-order valence-electron chi connectivity index (χ1n) is 6.70. The first-order valence-corrected chi connectivity index (χ1v) is 6.70. The molecule has 100 valence electrons. The lowest BCUT2D eigenvalue weighted by molar-refractivity contribution is -0.173. The van der Waals surface area contributed by atoms with Crippen molar-refractivity contribution in [1.82, 2.24) is 4.90 Å². The van der Waals surface area contributed by atoms with Gasteiger partial charge < -0.3 is 9.47 Å². The Hall–Kier alpha value is -0.120. The zero-order valence-corrected chi connectivity index (χ0v) is 12.3. The maximum Gasteiger partial charge on any atom is 0.108 e. The fourth-order valence-electron chi connectivity index (χ4n) is 3.46. The molecule has 0 amide bonds. The van der Waals surface area contributed by atoms with Gasteiger partial charge in [-0.3, -0.25) is 4.90 Å². The molecule has 5 atom stereocenters. The van der Waals surface area contributed by atoms with Gasteiger partial charge in [-0.25, -0.2) is 0 Å². The molecule has 0 saturated carbocycles. The van der Waals surface area contributed by atoms with E-state index in [-0.39, 0.29) is 29.5 Å². The average Bonchev–Trinajstić information content (AvgIpc) is 2.35. The van der Waals surface area contributed by atoms with Crippen LogP contribution in [-0.2, 0) is 9.47 Å². The van der Waals surface area contributed by atoms with Gasteiger partial charge in [0.1, 0.15) is 6.23 Å². The second-order valence-corrected chi connectivity index (χ2v) is 7.04. The van der Waals surface area contributed by atoms with Crippen molar-refractivity contribution < 1.29 is 9.47 Å². The van der Waals surface area contributed by atoms with E-state index in [1.165, 1.54) is 0 Å². The predicted octanol–water partition coefficient (Wildman–Crippen LogP) is 2.65. The molecule has 0 aromatic heterocycles. The Morgan fingerprint density at radius 1 is 1.24 bits per heavy atom. The minimum absolute atomic E-state index is 0.0657. The van der Waals surface area contributed by atoms with Crippen LogP contribution in [0.4, 0.5) is 0 Å². The second-order valence-electron chi connectivity index (χ2n) is 7.04. The topological polar surface area (TPSA) is 21.7 Å². The molecular formula is C14H27NO2. The van der Waals surface area contributed by atoms with E-state index in [4.69, 9.17) is 9.47 Å². The fraction of sp³-hybridized carbons (Fsp3) is 1.00. The summed E-state index contributed by atoms with van der Waals surface area (Å²) in [5.74, 6) is 0. The van der Waals surface area contributed by atoms with Gasteiger partial charge >= 0.3 is 0 Å². The molecule has 2 aliphatic rings. The van der Waals surface area contributed by atoms with Crippen LogP contribution in [-0.4, -0.2) is 42.0 Å². The number of ether oxygens (including phenoxy) is 2. The summed E-state index contributed by atoms with van der Waals surface area (Å²) in [4.78, 5) is 2.31. The van der Waals surface area contributed by atoms with Crippen molar-refractivity contribution in [3.05, 3.63) is 0 Å². The SMILES string of the molecule is CC1O[C@@]2(C)CC(C(C)(C)C)O[C@@H](C)[C@H]2N1C. The van der Waals surface area contributed by atoms with Crippen LogP contribution in [0.5, 0.6) is 0 Å². The summed E-state index contributed by atoms with van der Waals surface area (Å²) in [7, 11) is 2.14. The van der Waals surface area contributed by atoms with Gasteiger partial charge in [-0.1, -0.05) is 20.8 Å². The summed E-state index contributed by atoms with van der Waals surface area (Å²) in [5.41, 5.74) is 0.111. The summed E-state index contributed by atoms with van der Waals surface area (Å²) in [6.45, 7) is 13.3. The van der Waals surface area contributed by atoms with E-state index in [9.17, 15) is 0 Å². The Morgan fingerprint density at radius 3 is 2.35 bits per heavy atom. The highest BCUT2D eigenvalue weighted by Gasteiger charge is 2.55. The molecule has 2 aliphatic heterocycles. The number of rotatable bonds is 0. The molecule has 0 aliphatic carbocycles. The van der Waals surface area contributed by atoms with Gasteiger partial charge in [0, 0.05) is 6.42 Å². The van der Waals surface area contributed by atoms with Gasteiger partial charge in [-0.2, -0.15) is 0 Å². The molecule has 0 N–H and O–H groups in total. The van der Waals surface area contributed by atoms with Crippen LogP contribution < -0.4 is 0 Å². The third kappa shape index (κ3) is 2.13. The third-order valence-electron chi connectivity index (χ3n) is 4.46. The van der Waals surface area contributed by atoms with Crippen molar-refractivity contribution in [3.8, 4) is 0 Å². The van der Waals surface area contributed by atoms with Crippen molar-refractivity contribution in [3.63, 3.8) is 0 Å². The number of fused-ring (bicyclic) bond motifs is 1. The quantitative estimate of drug-likeness (QED) is 0.651. The second kappa shape index (κ2) is 3.94. The van der Waals surface area contributed by atoms with Crippen molar-refractivity contribution in [2.45, 2.75) is 78.0 Å². The minimum atomic E-state index is -0.0657. The lowest BCUT2D eigenvalue weighted by Gasteiger charge is -2.48. The van der Waals surface area contributed by atoms with Crippen molar-refractivity contribution in [2.24, 2.45) is 5.41 Å². The molecule has 2 saturated heterocycles. The number of hydrogen-bond donors (Lipinski definition) is 0. The highest BCUT2D eigenvalue weighted by Crippen LogP contribution is 2.45. The van der Waals surface area contributed by atoms with E-state index >= 15 is 0 Å². The molecule has 0 bridgehead atoms. The Balaban J connectivity index is 2.24. The standard InChI is InChI=1S/C14H27NO2/c1-9-12-14(6,17-10(2)15(12)7)8-11(16-9)13(3,4)5/h9-12H,8H2,1-7H3/t9-,10?,11?,12+,14-/m0/s1. The van der Waals surface area contributed by atoms with E-state index in [0.717, 1.165) is 6.42 Å². The van der Waals surface area contributed by atoms with E-state index in [0.29, 0.717) is 6.04 Å². The van der Waals surface area contributed by atoms with Crippen LogP contribution in [0.25, 0.3) is 0 Å². The van der Waals surface area contributed by atoms with Crippen LogP contribution in [0.1, 0.15) is 48.0 Å². The smallest absolute Gasteiger partial charge is 0.108 e.